The molecule has 0 atom stereocenters. The number of hydrogen-bond acceptors (Lipinski definition) is 2. The fourth-order valence-electron chi connectivity index (χ4n) is 3.84. The molecule has 2 heterocycles. The minimum absolute atomic E-state index is 0. The molecule has 0 amide bonds. The van der Waals surface area contributed by atoms with E-state index in [-0.39, 0.29) is 20.1 Å². The second-order valence-electron chi connectivity index (χ2n) is 6.36. The molecule has 2 aromatic heterocycles. The molecule has 5 aromatic rings. The number of nitrogens with zero attached hydrogens (tertiary/aromatic N) is 1. The summed E-state index contributed by atoms with van der Waals surface area (Å²) in [6.45, 7) is 0. The van der Waals surface area contributed by atoms with Crippen molar-refractivity contribution in [2.75, 3.05) is 0 Å². The smallest absolute Gasteiger partial charge is 0.0607 e. The van der Waals surface area contributed by atoms with Crippen molar-refractivity contribution in [2.45, 2.75) is 0 Å². The van der Waals surface area contributed by atoms with Gasteiger partial charge in [0.05, 0.1) is 5.52 Å². The molecule has 1 radical (unpaired) electrons. The van der Waals surface area contributed by atoms with Gasteiger partial charge in [0, 0.05) is 30.2 Å². The van der Waals surface area contributed by atoms with Crippen LogP contribution in [0.4, 0.5) is 0 Å². The number of thiophene rings is 1. The van der Waals surface area contributed by atoms with Crippen LogP contribution < -0.4 is 0 Å². The zero-order valence-electron chi connectivity index (χ0n) is 13.6. The van der Waals surface area contributed by atoms with Crippen molar-refractivity contribution in [3.63, 3.8) is 0 Å². The SMILES string of the molecule is [Ir].[c-]1ccc2sc3ccccc3c2c1-c1cc2c3c(cccc3n1)C=C2. The van der Waals surface area contributed by atoms with E-state index in [9.17, 15) is 0 Å². The third-order valence-electron chi connectivity index (χ3n) is 4.93. The van der Waals surface area contributed by atoms with Gasteiger partial charge in [-0.1, -0.05) is 53.9 Å². The van der Waals surface area contributed by atoms with Crippen LogP contribution in [0.1, 0.15) is 11.1 Å². The first kappa shape index (κ1) is 15.9. The van der Waals surface area contributed by atoms with Crippen molar-refractivity contribution < 1.29 is 20.1 Å². The van der Waals surface area contributed by atoms with Crippen molar-refractivity contribution in [3.05, 3.63) is 77.9 Å². The summed E-state index contributed by atoms with van der Waals surface area (Å²) in [7, 11) is 0. The zero-order chi connectivity index (χ0) is 16.4. The predicted molar refractivity (Wildman–Crippen MR) is 108 cm³/mol. The summed E-state index contributed by atoms with van der Waals surface area (Å²) < 4.78 is 2.60. The Kier molecular flexibility index (Phi) is 3.58. The Morgan fingerprint density at radius 3 is 2.65 bits per heavy atom. The van der Waals surface area contributed by atoms with Crippen molar-refractivity contribution in [2.24, 2.45) is 0 Å². The summed E-state index contributed by atoms with van der Waals surface area (Å²) in [5.74, 6) is 0. The predicted octanol–water partition coefficient (Wildman–Crippen LogP) is 6.55. The minimum Gasteiger partial charge on any atom is -0.296 e. The van der Waals surface area contributed by atoms with Crippen LogP contribution in [0.15, 0.2) is 60.7 Å². The van der Waals surface area contributed by atoms with Gasteiger partial charge >= 0.3 is 0 Å². The molecule has 3 aromatic carbocycles. The fraction of sp³-hybridized carbons (Fsp3) is 0. The Morgan fingerprint density at radius 1 is 0.808 bits per heavy atom. The molecule has 0 saturated carbocycles. The van der Waals surface area contributed by atoms with Gasteiger partial charge in [-0.2, -0.15) is 11.3 Å². The summed E-state index contributed by atoms with van der Waals surface area (Å²) in [4.78, 5) is 4.98. The number of benzene rings is 3. The topological polar surface area (TPSA) is 12.9 Å². The molecule has 0 saturated heterocycles. The third kappa shape index (κ3) is 2.15. The number of fused-ring (bicyclic) bond motifs is 3. The second kappa shape index (κ2) is 5.85. The molecule has 0 aliphatic heterocycles. The molecule has 1 nitrogen and oxygen atoms in total. The Bertz CT molecular complexity index is 1350. The van der Waals surface area contributed by atoms with Gasteiger partial charge in [0.2, 0.25) is 0 Å². The molecular weight excluding hydrogens is 515 g/mol. The van der Waals surface area contributed by atoms with E-state index < -0.39 is 0 Å². The first-order chi connectivity index (χ1) is 12.4. The number of pyridine rings is 1. The van der Waals surface area contributed by atoms with Gasteiger partial charge in [0.15, 0.2) is 0 Å². The molecule has 26 heavy (non-hydrogen) atoms. The number of rotatable bonds is 1. The van der Waals surface area contributed by atoms with Crippen molar-refractivity contribution >= 4 is 54.6 Å². The monoisotopic (exact) mass is 527 g/mol. The Balaban J connectivity index is 0.00000150. The maximum Gasteiger partial charge on any atom is 0.0607 e. The Labute approximate surface area is 168 Å². The second-order valence-corrected chi connectivity index (χ2v) is 7.45. The van der Waals surface area contributed by atoms with E-state index >= 15 is 0 Å². The van der Waals surface area contributed by atoms with Crippen LogP contribution in [-0.4, -0.2) is 4.98 Å². The quantitative estimate of drug-likeness (QED) is 0.222. The Hall–Kier alpha value is -2.32. The largest absolute Gasteiger partial charge is 0.296 e. The average molecular weight is 527 g/mol. The number of hydrogen-bond donors (Lipinski definition) is 0. The Morgan fingerprint density at radius 2 is 1.69 bits per heavy atom. The standard InChI is InChI=1S/C23H12NS.Ir/c1-2-9-20-17(6-1)23-16(7-4-10-21(23)25-20)19-13-15-12-11-14-5-3-8-18(24-19)22(14)15;/h1-6,8-13H;/q-1;. The van der Waals surface area contributed by atoms with Crippen LogP contribution in [0.3, 0.4) is 0 Å². The average Bonchev–Trinajstić information content (AvgIpc) is 3.24. The molecule has 3 heteroatoms. The van der Waals surface area contributed by atoms with E-state index in [2.05, 4.69) is 72.8 Å². The van der Waals surface area contributed by atoms with Crippen LogP contribution in [-0.2, 0) is 20.1 Å². The van der Waals surface area contributed by atoms with E-state index in [4.69, 9.17) is 4.98 Å². The maximum atomic E-state index is 4.98. The summed E-state index contributed by atoms with van der Waals surface area (Å²) in [5, 5.41) is 3.81. The van der Waals surface area contributed by atoms with Crippen LogP contribution in [0, 0.1) is 6.07 Å². The van der Waals surface area contributed by atoms with Crippen molar-refractivity contribution in [3.8, 4) is 11.3 Å². The van der Waals surface area contributed by atoms with Gasteiger partial charge in [0.25, 0.3) is 0 Å². The van der Waals surface area contributed by atoms with Gasteiger partial charge in [-0.3, -0.25) is 4.98 Å². The summed E-state index contributed by atoms with van der Waals surface area (Å²) in [6, 6.07) is 24.8. The summed E-state index contributed by atoms with van der Waals surface area (Å²) in [5.41, 5.74) is 5.66. The maximum absolute atomic E-state index is 4.98. The molecule has 1 aliphatic carbocycles. The van der Waals surface area contributed by atoms with Crippen LogP contribution >= 0.6 is 11.3 Å². The molecule has 6 rings (SSSR count). The fourth-order valence-corrected chi connectivity index (χ4v) is 4.95. The molecule has 1 aliphatic rings. The molecule has 125 valence electrons. The van der Waals surface area contributed by atoms with E-state index in [0.29, 0.717) is 0 Å². The van der Waals surface area contributed by atoms with Crippen molar-refractivity contribution in [1.29, 1.82) is 0 Å². The van der Waals surface area contributed by atoms with Crippen molar-refractivity contribution in [1.82, 2.24) is 4.98 Å². The van der Waals surface area contributed by atoms with E-state index in [1.165, 1.54) is 36.7 Å². The van der Waals surface area contributed by atoms with Crippen LogP contribution in [0.5, 0.6) is 0 Å². The van der Waals surface area contributed by atoms with Gasteiger partial charge < -0.3 is 0 Å². The third-order valence-corrected chi connectivity index (χ3v) is 6.07. The van der Waals surface area contributed by atoms with Gasteiger partial charge in [0.1, 0.15) is 0 Å². The molecule has 0 spiro atoms. The van der Waals surface area contributed by atoms with Gasteiger partial charge in [-0.25, -0.2) is 0 Å². The molecular formula is C23H12IrNS-. The first-order valence-corrected chi connectivity index (χ1v) is 9.14. The summed E-state index contributed by atoms with van der Waals surface area (Å²) >= 11 is 1.83. The first-order valence-electron chi connectivity index (χ1n) is 8.33. The normalized spacial score (nSPS) is 12.2. The van der Waals surface area contributed by atoms with Crippen LogP contribution in [0.25, 0.3) is 54.5 Å². The zero-order valence-corrected chi connectivity index (χ0v) is 16.8. The molecule has 0 unspecified atom stereocenters. The summed E-state index contributed by atoms with van der Waals surface area (Å²) in [6.07, 6.45) is 4.36. The molecule has 0 N–H and O–H groups in total. The van der Waals surface area contributed by atoms with Gasteiger partial charge in [-0.15, -0.1) is 23.8 Å². The van der Waals surface area contributed by atoms with E-state index in [1.807, 2.05) is 17.4 Å². The van der Waals surface area contributed by atoms with Crippen LogP contribution in [0.2, 0.25) is 0 Å². The minimum atomic E-state index is 0. The van der Waals surface area contributed by atoms with E-state index in [0.717, 1.165) is 16.8 Å². The molecule has 0 bridgehead atoms. The number of aromatic nitrogens is 1. The molecule has 0 fully saturated rings. The van der Waals surface area contributed by atoms with Gasteiger partial charge in [-0.05, 0) is 39.0 Å². The van der Waals surface area contributed by atoms with E-state index in [1.54, 1.807) is 0 Å².